The van der Waals surface area contributed by atoms with Gasteiger partial charge in [-0.05, 0) is 17.3 Å². The smallest absolute Gasteiger partial charge is 0.278 e. The number of hydrogen-bond donors (Lipinski definition) is 1. The van der Waals surface area contributed by atoms with Gasteiger partial charge >= 0.3 is 0 Å². The van der Waals surface area contributed by atoms with Crippen molar-refractivity contribution in [3.8, 4) is 5.88 Å². The normalized spacial score (nSPS) is 10.4. The number of rotatable bonds is 0. The van der Waals surface area contributed by atoms with Crippen molar-refractivity contribution in [3.05, 3.63) is 18.3 Å². The predicted molar refractivity (Wildman–Crippen MR) is 33.5 cm³/mol. The molecule has 4 heteroatoms. The third-order valence-electron chi connectivity index (χ3n) is 1.21. The second kappa shape index (κ2) is 1.70. The molecule has 2 heterocycles. The Morgan fingerprint density at radius 3 is 3.20 bits per heavy atom. The Labute approximate surface area is 56.1 Å². The van der Waals surface area contributed by atoms with Gasteiger partial charge in [0, 0.05) is 6.20 Å². The van der Waals surface area contributed by atoms with Crippen LogP contribution in [0.5, 0.6) is 5.88 Å². The molecule has 0 fully saturated rings. The summed E-state index contributed by atoms with van der Waals surface area (Å²) in [7, 11) is 0. The highest BCUT2D eigenvalue weighted by atomic mass is 16.5. The Balaban J connectivity index is 2.93. The first-order chi connectivity index (χ1) is 4.88. The maximum atomic E-state index is 8.94. The molecule has 0 bridgehead atoms. The van der Waals surface area contributed by atoms with E-state index in [9.17, 15) is 0 Å². The lowest BCUT2D eigenvalue weighted by molar-refractivity contribution is 0.376. The van der Waals surface area contributed by atoms with Crippen molar-refractivity contribution in [2.45, 2.75) is 0 Å². The number of fused-ring (bicyclic) bond motifs is 1. The average Bonchev–Trinajstić information content (AvgIpc) is 2.34. The van der Waals surface area contributed by atoms with E-state index in [-0.39, 0.29) is 5.88 Å². The van der Waals surface area contributed by atoms with Crippen molar-refractivity contribution in [1.29, 1.82) is 0 Å². The molecule has 2 aromatic heterocycles. The van der Waals surface area contributed by atoms with Crippen LogP contribution in [0.2, 0.25) is 0 Å². The van der Waals surface area contributed by atoms with Gasteiger partial charge in [-0.25, -0.2) is 4.98 Å². The summed E-state index contributed by atoms with van der Waals surface area (Å²) in [6.45, 7) is 0. The van der Waals surface area contributed by atoms with Gasteiger partial charge in [0.1, 0.15) is 0 Å². The summed E-state index contributed by atoms with van der Waals surface area (Å²) in [4.78, 5) is 3.83. The monoisotopic (exact) mass is 136 g/mol. The summed E-state index contributed by atoms with van der Waals surface area (Å²) in [6, 6.07) is 3.40. The van der Waals surface area contributed by atoms with E-state index in [1.165, 1.54) is 0 Å². The van der Waals surface area contributed by atoms with Gasteiger partial charge in [0.05, 0.1) is 0 Å². The molecule has 0 aliphatic heterocycles. The molecule has 0 saturated carbocycles. The fourth-order valence-corrected chi connectivity index (χ4v) is 0.768. The number of aromatic hydroxyl groups is 1. The average molecular weight is 136 g/mol. The first-order valence-electron chi connectivity index (χ1n) is 2.77. The number of hydrogen-bond acceptors (Lipinski definition) is 4. The first kappa shape index (κ1) is 5.22. The van der Waals surface area contributed by atoms with E-state index < -0.39 is 0 Å². The Kier molecular flexibility index (Phi) is 0.887. The molecular formula is C6H4N2O2. The van der Waals surface area contributed by atoms with Crippen LogP contribution in [-0.2, 0) is 0 Å². The van der Waals surface area contributed by atoms with E-state index in [0.29, 0.717) is 11.1 Å². The summed E-state index contributed by atoms with van der Waals surface area (Å²) in [5.41, 5.74) is 0.905. The van der Waals surface area contributed by atoms with Crippen molar-refractivity contribution < 1.29 is 9.63 Å². The van der Waals surface area contributed by atoms with Crippen molar-refractivity contribution in [2.24, 2.45) is 0 Å². The van der Waals surface area contributed by atoms with E-state index in [4.69, 9.17) is 5.11 Å². The zero-order valence-corrected chi connectivity index (χ0v) is 4.98. The van der Waals surface area contributed by atoms with E-state index >= 15 is 0 Å². The number of pyridine rings is 1. The highest BCUT2D eigenvalue weighted by molar-refractivity contribution is 5.76. The van der Waals surface area contributed by atoms with Crippen LogP contribution in [0.15, 0.2) is 22.9 Å². The van der Waals surface area contributed by atoms with Gasteiger partial charge in [-0.2, -0.15) is 0 Å². The Hall–Kier alpha value is -1.58. The molecule has 0 atom stereocenters. The van der Waals surface area contributed by atoms with Crippen LogP contribution in [0, 0.1) is 0 Å². The van der Waals surface area contributed by atoms with Crippen molar-refractivity contribution in [1.82, 2.24) is 10.1 Å². The van der Waals surface area contributed by atoms with Crippen LogP contribution in [0.1, 0.15) is 0 Å². The Morgan fingerprint density at radius 1 is 1.50 bits per heavy atom. The zero-order chi connectivity index (χ0) is 6.97. The molecule has 0 aromatic carbocycles. The molecule has 2 aromatic rings. The Morgan fingerprint density at radius 2 is 2.40 bits per heavy atom. The molecule has 10 heavy (non-hydrogen) atoms. The fourth-order valence-electron chi connectivity index (χ4n) is 0.768. The lowest BCUT2D eigenvalue weighted by Gasteiger charge is -1.80. The molecule has 4 nitrogen and oxygen atoms in total. The van der Waals surface area contributed by atoms with Gasteiger partial charge in [-0.3, -0.25) is 0 Å². The van der Waals surface area contributed by atoms with Gasteiger partial charge in [0.15, 0.2) is 11.1 Å². The molecule has 0 aliphatic carbocycles. The van der Waals surface area contributed by atoms with Crippen molar-refractivity contribution >= 4 is 11.1 Å². The summed E-state index contributed by atoms with van der Waals surface area (Å²) in [5, 5.41) is 12.3. The molecule has 0 saturated heterocycles. The van der Waals surface area contributed by atoms with E-state index in [2.05, 4.69) is 14.7 Å². The molecule has 50 valence electrons. The topological polar surface area (TPSA) is 59.2 Å². The first-order valence-corrected chi connectivity index (χ1v) is 2.77. The van der Waals surface area contributed by atoms with Crippen LogP contribution in [0.4, 0.5) is 0 Å². The molecule has 0 unspecified atom stereocenters. The van der Waals surface area contributed by atoms with Gasteiger partial charge in [-0.1, -0.05) is 0 Å². The van der Waals surface area contributed by atoms with Crippen LogP contribution in [0.3, 0.4) is 0 Å². The summed E-state index contributed by atoms with van der Waals surface area (Å²) in [6.07, 6.45) is 1.57. The van der Waals surface area contributed by atoms with Gasteiger partial charge in [-0.15, -0.1) is 0 Å². The SMILES string of the molecule is Oc1noc2cccnc12. The molecular weight excluding hydrogens is 132 g/mol. The minimum Gasteiger partial charge on any atom is -0.490 e. The quantitative estimate of drug-likeness (QED) is 0.585. The lowest BCUT2D eigenvalue weighted by Crippen LogP contribution is -1.69. The molecule has 0 aliphatic rings. The Bertz CT molecular complexity index is 355. The van der Waals surface area contributed by atoms with Gasteiger partial charge in [0.2, 0.25) is 0 Å². The predicted octanol–water partition coefficient (Wildman–Crippen LogP) is 0.928. The van der Waals surface area contributed by atoms with Crippen LogP contribution < -0.4 is 0 Å². The number of nitrogens with zero attached hydrogens (tertiary/aromatic N) is 2. The van der Waals surface area contributed by atoms with E-state index in [1.807, 2.05) is 0 Å². The summed E-state index contributed by atoms with van der Waals surface area (Å²) in [5.74, 6) is -0.157. The number of aromatic nitrogens is 2. The maximum Gasteiger partial charge on any atom is 0.278 e. The molecule has 1 N–H and O–H groups in total. The second-order valence-corrected chi connectivity index (χ2v) is 1.86. The largest absolute Gasteiger partial charge is 0.490 e. The van der Waals surface area contributed by atoms with Crippen molar-refractivity contribution in [3.63, 3.8) is 0 Å². The van der Waals surface area contributed by atoms with Crippen LogP contribution in [-0.4, -0.2) is 15.2 Å². The minimum absolute atomic E-state index is 0.157. The highest BCUT2D eigenvalue weighted by Gasteiger charge is 2.04. The molecule has 0 spiro atoms. The lowest BCUT2D eigenvalue weighted by atomic mass is 10.4. The summed E-state index contributed by atoms with van der Waals surface area (Å²) < 4.78 is 4.69. The standard InChI is InChI=1S/C6H4N2O2/c9-6-5-4(10-8-6)2-1-3-7-5/h1-3H,(H,8,9). The van der Waals surface area contributed by atoms with Gasteiger partial charge in [0.25, 0.3) is 5.88 Å². The van der Waals surface area contributed by atoms with Crippen molar-refractivity contribution in [2.75, 3.05) is 0 Å². The van der Waals surface area contributed by atoms with Crippen LogP contribution >= 0.6 is 0 Å². The summed E-state index contributed by atoms with van der Waals surface area (Å²) >= 11 is 0. The zero-order valence-electron chi connectivity index (χ0n) is 4.98. The van der Waals surface area contributed by atoms with Gasteiger partial charge < -0.3 is 9.63 Å². The van der Waals surface area contributed by atoms with E-state index in [1.54, 1.807) is 18.3 Å². The minimum atomic E-state index is -0.157. The third-order valence-corrected chi connectivity index (χ3v) is 1.21. The van der Waals surface area contributed by atoms with E-state index in [0.717, 1.165) is 0 Å². The second-order valence-electron chi connectivity index (χ2n) is 1.86. The third kappa shape index (κ3) is 0.556. The maximum absolute atomic E-state index is 8.94. The molecule has 2 rings (SSSR count). The molecule has 0 amide bonds. The van der Waals surface area contributed by atoms with Crippen LogP contribution in [0.25, 0.3) is 11.1 Å². The fraction of sp³-hybridized carbons (Fsp3) is 0. The highest BCUT2D eigenvalue weighted by Crippen LogP contribution is 2.19. The molecule has 0 radical (unpaired) electrons.